The molecule has 158 valence electrons. The van der Waals surface area contributed by atoms with E-state index in [1.807, 2.05) is 36.7 Å². The van der Waals surface area contributed by atoms with Crippen LogP contribution in [0, 0.1) is 0 Å². The molecule has 3 rings (SSSR count). The molecule has 3 nitrogen and oxygen atoms in total. The van der Waals surface area contributed by atoms with Gasteiger partial charge in [0.1, 0.15) is 12.4 Å². The summed E-state index contributed by atoms with van der Waals surface area (Å²) in [6.45, 7) is 5.04. The van der Waals surface area contributed by atoms with Crippen molar-refractivity contribution in [3.8, 4) is 17.1 Å². The van der Waals surface area contributed by atoms with E-state index in [0.29, 0.717) is 6.61 Å². The van der Waals surface area contributed by atoms with Crippen molar-refractivity contribution in [3.05, 3.63) is 77.6 Å². The third kappa shape index (κ3) is 6.98. The lowest BCUT2D eigenvalue weighted by atomic mass is 10.1. The van der Waals surface area contributed by atoms with Crippen molar-refractivity contribution >= 4 is 0 Å². The second-order valence-electron chi connectivity index (χ2n) is 7.96. The maximum absolute atomic E-state index is 5.95. The van der Waals surface area contributed by atoms with Gasteiger partial charge in [0.25, 0.3) is 0 Å². The summed E-state index contributed by atoms with van der Waals surface area (Å²) in [7, 11) is 0. The smallest absolute Gasteiger partial charge is 0.159 e. The zero-order valence-electron chi connectivity index (χ0n) is 18.4. The van der Waals surface area contributed by atoms with Crippen LogP contribution in [-0.4, -0.2) is 9.97 Å². The van der Waals surface area contributed by atoms with Gasteiger partial charge in [-0.05, 0) is 66.6 Å². The summed E-state index contributed by atoms with van der Waals surface area (Å²) >= 11 is 0. The van der Waals surface area contributed by atoms with Crippen LogP contribution in [-0.2, 0) is 19.4 Å². The molecule has 30 heavy (non-hydrogen) atoms. The summed E-state index contributed by atoms with van der Waals surface area (Å²) in [5.74, 6) is 1.63. The Morgan fingerprint density at radius 2 is 1.20 bits per heavy atom. The molecule has 0 bridgehead atoms. The molecule has 1 heterocycles. The van der Waals surface area contributed by atoms with Crippen molar-refractivity contribution in [2.75, 3.05) is 0 Å². The Bertz CT molecular complexity index is 855. The van der Waals surface area contributed by atoms with E-state index in [2.05, 4.69) is 48.1 Å². The van der Waals surface area contributed by atoms with E-state index in [1.54, 1.807) is 0 Å². The maximum atomic E-state index is 5.95. The van der Waals surface area contributed by atoms with E-state index in [0.717, 1.165) is 30.0 Å². The first-order valence-electron chi connectivity index (χ1n) is 11.4. The van der Waals surface area contributed by atoms with Gasteiger partial charge in [-0.1, -0.05) is 63.8 Å². The SMILES string of the molecule is CCCCCc1ccc(COc2ccc(-c3ncc(CCCCC)cn3)cc2)cc1. The van der Waals surface area contributed by atoms with Crippen molar-refractivity contribution in [2.24, 2.45) is 0 Å². The van der Waals surface area contributed by atoms with Crippen LogP contribution in [0.4, 0.5) is 0 Å². The van der Waals surface area contributed by atoms with Gasteiger partial charge in [0.15, 0.2) is 5.82 Å². The molecule has 0 saturated carbocycles. The monoisotopic (exact) mass is 402 g/mol. The van der Waals surface area contributed by atoms with Crippen LogP contribution in [0.2, 0.25) is 0 Å². The van der Waals surface area contributed by atoms with Crippen LogP contribution in [0.15, 0.2) is 60.9 Å². The molecule has 3 aromatic rings. The Labute approximate surface area is 181 Å². The Morgan fingerprint density at radius 3 is 1.80 bits per heavy atom. The highest BCUT2D eigenvalue weighted by Crippen LogP contribution is 2.20. The van der Waals surface area contributed by atoms with Crippen LogP contribution in [0.3, 0.4) is 0 Å². The summed E-state index contributed by atoms with van der Waals surface area (Å²) in [6, 6.07) is 16.8. The van der Waals surface area contributed by atoms with E-state index in [4.69, 9.17) is 4.74 Å². The van der Waals surface area contributed by atoms with Crippen molar-refractivity contribution in [3.63, 3.8) is 0 Å². The predicted octanol–water partition coefficient (Wildman–Crippen LogP) is 7.19. The van der Waals surface area contributed by atoms with Gasteiger partial charge in [0.2, 0.25) is 0 Å². The second kappa shape index (κ2) is 12.1. The largest absolute Gasteiger partial charge is 0.489 e. The molecule has 0 atom stereocenters. The highest BCUT2D eigenvalue weighted by atomic mass is 16.5. The Balaban J connectivity index is 1.49. The average molecular weight is 403 g/mol. The van der Waals surface area contributed by atoms with Gasteiger partial charge >= 0.3 is 0 Å². The molecule has 1 aromatic heterocycles. The van der Waals surface area contributed by atoms with Crippen LogP contribution in [0.5, 0.6) is 5.75 Å². The Hall–Kier alpha value is -2.68. The number of hydrogen-bond donors (Lipinski definition) is 0. The molecule has 0 aliphatic rings. The van der Waals surface area contributed by atoms with Crippen molar-refractivity contribution in [1.82, 2.24) is 9.97 Å². The van der Waals surface area contributed by atoms with Crippen LogP contribution < -0.4 is 4.74 Å². The number of benzene rings is 2. The minimum absolute atomic E-state index is 0.581. The third-order valence-corrected chi connectivity index (χ3v) is 5.38. The van der Waals surface area contributed by atoms with Gasteiger partial charge in [-0.2, -0.15) is 0 Å². The molecule has 0 spiro atoms. The van der Waals surface area contributed by atoms with E-state index >= 15 is 0 Å². The fourth-order valence-corrected chi connectivity index (χ4v) is 3.46. The molecule has 0 aliphatic carbocycles. The first-order chi connectivity index (χ1) is 14.8. The van der Waals surface area contributed by atoms with Crippen LogP contribution >= 0.6 is 0 Å². The number of ether oxygens (including phenoxy) is 1. The molecular formula is C27H34N2O. The number of hydrogen-bond acceptors (Lipinski definition) is 3. The average Bonchev–Trinajstić information content (AvgIpc) is 2.80. The molecule has 0 amide bonds. The van der Waals surface area contributed by atoms with Gasteiger partial charge in [-0.25, -0.2) is 9.97 Å². The van der Waals surface area contributed by atoms with E-state index in [1.165, 1.54) is 55.2 Å². The second-order valence-corrected chi connectivity index (χ2v) is 7.96. The van der Waals surface area contributed by atoms with E-state index in [-0.39, 0.29) is 0 Å². The highest BCUT2D eigenvalue weighted by Gasteiger charge is 2.03. The van der Waals surface area contributed by atoms with Crippen molar-refractivity contribution in [2.45, 2.75) is 71.8 Å². The molecule has 0 aliphatic heterocycles. The fourth-order valence-electron chi connectivity index (χ4n) is 3.46. The summed E-state index contributed by atoms with van der Waals surface area (Å²) in [6.07, 6.45) is 13.7. The zero-order valence-corrected chi connectivity index (χ0v) is 18.4. The van der Waals surface area contributed by atoms with Crippen molar-refractivity contribution in [1.29, 1.82) is 0 Å². The van der Waals surface area contributed by atoms with Crippen molar-refractivity contribution < 1.29 is 4.74 Å². The highest BCUT2D eigenvalue weighted by molar-refractivity contribution is 5.55. The minimum Gasteiger partial charge on any atom is -0.489 e. The van der Waals surface area contributed by atoms with Gasteiger partial charge in [0, 0.05) is 18.0 Å². The maximum Gasteiger partial charge on any atom is 0.159 e. The summed E-state index contributed by atoms with van der Waals surface area (Å²) in [4.78, 5) is 9.07. The number of aryl methyl sites for hydroxylation is 2. The molecule has 2 aromatic carbocycles. The lowest BCUT2D eigenvalue weighted by molar-refractivity contribution is 0.306. The molecule has 3 heteroatoms. The molecule has 0 saturated heterocycles. The number of unbranched alkanes of at least 4 members (excludes halogenated alkanes) is 4. The summed E-state index contributed by atoms with van der Waals surface area (Å²) in [5, 5.41) is 0. The van der Waals surface area contributed by atoms with Gasteiger partial charge < -0.3 is 4.74 Å². The van der Waals surface area contributed by atoms with Gasteiger partial charge in [0.05, 0.1) is 0 Å². The lowest BCUT2D eigenvalue weighted by Crippen LogP contribution is -1.96. The Kier molecular flexibility index (Phi) is 8.89. The van der Waals surface area contributed by atoms with E-state index in [9.17, 15) is 0 Å². The standard InChI is InChI=1S/C27H34N2O/c1-3-5-7-9-22-11-13-23(14-12-22)21-30-26-17-15-25(16-18-26)27-28-19-24(20-29-27)10-8-6-4-2/h11-20H,3-10,21H2,1-2H3. The van der Waals surface area contributed by atoms with Gasteiger partial charge in [-0.3, -0.25) is 0 Å². The topological polar surface area (TPSA) is 35.0 Å². The molecule has 0 unspecified atom stereocenters. The lowest BCUT2D eigenvalue weighted by Gasteiger charge is -2.08. The molecule has 0 N–H and O–H groups in total. The third-order valence-electron chi connectivity index (χ3n) is 5.38. The fraction of sp³-hybridized carbons (Fsp3) is 0.407. The van der Waals surface area contributed by atoms with Crippen LogP contribution in [0.25, 0.3) is 11.4 Å². The summed E-state index contributed by atoms with van der Waals surface area (Å²) < 4.78 is 5.95. The number of nitrogens with zero attached hydrogens (tertiary/aromatic N) is 2. The number of rotatable bonds is 12. The molecule has 0 radical (unpaired) electrons. The van der Waals surface area contributed by atoms with Crippen LogP contribution in [0.1, 0.15) is 69.1 Å². The van der Waals surface area contributed by atoms with Gasteiger partial charge in [-0.15, -0.1) is 0 Å². The number of aromatic nitrogens is 2. The molecular weight excluding hydrogens is 368 g/mol. The minimum atomic E-state index is 0.581. The predicted molar refractivity (Wildman–Crippen MR) is 125 cm³/mol. The van der Waals surface area contributed by atoms with E-state index < -0.39 is 0 Å². The first kappa shape index (κ1) is 22.0. The molecule has 0 fully saturated rings. The zero-order chi connectivity index (χ0) is 21.0. The quantitative estimate of drug-likeness (QED) is 0.301. The normalized spacial score (nSPS) is 10.9. The first-order valence-corrected chi connectivity index (χ1v) is 11.4. The summed E-state index contributed by atoms with van der Waals surface area (Å²) in [5.41, 5.74) is 4.83. The Morgan fingerprint density at radius 1 is 0.633 bits per heavy atom.